The van der Waals surface area contributed by atoms with Gasteiger partial charge in [-0.1, -0.05) is 18.2 Å². The highest BCUT2D eigenvalue weighted by Crippen LogP contribution is 2.10. The Morgan fingerprint density at radius 3 is 2.83 bits per heavy atom. The Balaban J connectivity index is 1.93. The van der Waals surface area contributed by atoms with Crippen LogP contribution in [0.2, 0.25) is 0 Å². The van der Waals surface area contributed by atoms with E-state index in [9.17, 15) is 4.79 Å². The molecule has 0 aliphatic carbocycles. The quantitative estimate of drug-likeness (QED) is 0.751. The topological polar surface area (TPSA) is 74.5 Å². The van der Waals surface area contributed by atoms with Crippen molar-refractivity contribution in [2.24, 2.45) is 0 Å². The zero-order valence-electron chi connectivity index (χ0n) is 9.83. The number of hydrogen-bond donors (Lipinski definition) is 0. The highest BCUT2D eigenvalue weighted by molar-refractivity contribution is 5.84. The van der Waals surface area contributed by atoms with Crippen LogP contribution in [0.5, 0.6) is 5.75 Å². The van der Waals surface area contributed by atoms with Gasteiger partial charge in [-0.15, -0.1) is 0 Å². The van der Waals surface area contributed by atoms with E-state index in [1.807, 2.05) is 30.3 Å². The number of esters is 1. The molecular weight excluding hydrogens is 236 g/mol. The smallest absolute Gasteiger partial charge is 0.379 e. The zero-order valence-corrected chi connectivity index (χ0v) is 9.83. The summed E-state index contributed by atoms with van der Waals surface area (Å²) >= 11 is 0. The van der Waals surface area contributed by atoms with Crippen LogP contribution in [0.25, 0.3) is 0 Å². The molecule has 0 saturated heterocycles. The van der Waals surface area contributed by atoms with Crippen molar-refractivity contribution < 1.29 is 18.8 Å². The summed E-state index contributed by atoms with van der Waals surface area (Å²) in [4.78, 5) is 15.2. The summed E-state index contributed by atoms with van der Waals surface area (Å²) in [7, 11) is 0. The lowest BCUT2D eigenvalue weighted by Gasteiger charge is -2.01. The largest absolute Gasteiger partial charge is 0.484 e. The molecule has 1 aromatic heterocycles. The second-order valence-corrected chi connectivity index (χ2v) is 3.33. The van der Waals surface area contributed by atoms with Gasteiger partial charge in [0.1, 0.15) is 5.75 Å². The van der Waals surface area contributed by atoms with Crippen molar-refractivity contribution in [3.8, 4) is 5.75 Å². The lowest BCUT2D eigenvalue weighted by atomic mass is 10.3. The fourth-order valence-corrected chi connectivity index (χ4v) is 1.25. The second kappa shape index (κ2) is 5.81. The third kappa shape index (κ3) is 3.07. The number of carbonyl (C=O) groups is 1. The Hall–Kier alpha value is -2.37. The summed E-state index contributed by atoms with van der Waals surface area (Å²) in [5.41, 5.74) is 0. The summed E-state index contributed by atoms with van der Waals surface area (Å²) < 4.78 is 15.0. The number of rotatable bonds is 5. The molecule has 2 aromatic rings. The van der Waals surface area contributed by atoms with Crippen molar-refractivity contribution >= 4 is 5.97 Å². The van der Waals surface area contributed by atoms with Crippen LogP contribution in [0.15, 0.2) is 34.9 Å². The summed E-state index contributed by atoms with van der Waals surface area (Å²) in [6.45, 7) is 2.08. The number of benzene rings is 1. The molecule has 94 valence electrons. The van der Waals surface area contributed by atoms with Gasteiger partial charge in [0.15, 0.2) is 6.61 Å². The Morgan fingerprint density at radius 1 is 1.33 bits per heavy atom. The first-order valence-corrected chi connectivity index (χ1v) is 5.47. The van der Waals surface area contributed by atoms with E-state index in [0.29, 0.717) is 5.75 Å². The SMILES string of the molecule is CCOC(=O)c1noc(COc2ccccc2)n1. The van der Waals surface area contributed by atoms with E-state index in [0.717, 1.165) is 0 Å². The van der Waals surface area contributed by atoms with Crippen molar-refractivity contribution in [1.29, 1.82) is 0 Å². The molecule has 0 fully saturated rings. The molecule has 0 atom stereocenters. The average Bonchev–Trinajstić information content (AvgIpc) is 2.87. The molecule has 0 amide bonds. The van der Waals surface area contributed by atoms with E-state index in [1.165, 1.54) is 0 Å². The van der Waals surface area contributed by atoms with Gasteiger partial charge >= 0.3 is 5.97 Å². The molecule has 0 bridgehead atoms. The second-order valence-electron chi connectivity index (χ2n) is 3.33. The van der Waals surface area contributed by atoms with Crippen molar-refractivity contribution in [3.63, 3.8) is 0 Å². The van der Waals surface area contributed by atoms with Crippen molar-refractivity contribution in [2.45, 2.75) is 13.5 Å². The molecule has 0 saturated carbocycles. The fraction of sp³-hybridized carbons (Fsp3) is 0.250. The van der Waals surface area contributed by atoms with Gasteiger partial charge in [-0.2, -0.15) is 4.98 Å². The third-order valence-electron chi connectivity index (χ3n) is 2.03. The maximum absolute atomic E-state index is 11.3. The van der Waals surface area contributed by atoms with E-state index in [4.69, 9.17) is 14.0 Å². The molecular formula is C12H12N2O4. The molecule has 6 heteroatoms. The minimum Gasteiger partial charge on any atom is -0.484 e. The standard InChI is InChI=1S/C12H12N2O4/c1-2-16-12(15)11-13-10(18-14-11)8-17-9-6-4-3-5-7-9/h3-7H,2,8H2,1H3. The highest BCUT2D eigenvalue weighted by Gasteiger charge is 2.15. The molecule has 0 unspecified atom stereocenters. The number of ether oxygens (including phenoxy) is 2. The van der Waals surface area contributed by atoms with E-state index in [1.54, 1.807) is 6.92 Å². The number of nitrogens with zero attached hydrogens (tertiary/aromatic N) is 2. The minimum absolute atomic E-state index is 0.0940. The molecule has 0 aliphatic heterocycles. The van der Waals surface area contributed by atoms with E-state index in [-0.39, 0.29) is 24.9 Å². The third-order valence-corrected chi connectivity index (χ3v) is 2.03. The van der Waals surface area contributed by atoms with Crippen LogP contribution < -0.4 is 4.74 Å². The van der Waals surface area contributed by atoms with Crippen LogP contribution in [0.3, 0.4) is 0 Å². The van der Waals surface area contributed by atoms with Crippen LogP contribution >= 0.6 is 0 Å². The number of aromatic nitrogens is 2. The molecule has 2 rings (SSSR count). The van der Waals surface area contributed by atoms with Gasteiger partial charge in [-0.05, 0) is 24.2 Å². The average molecular weight is 248 g/mol. The van der Waals surface area contributed by atoms with Crippen molar-refractivity contribution in [2.75, 3.05) is 6.61 Å². The Bertz CT molecular complexity index is 510. The monoisotopic (exact) mass is 248 g/mol. The molecule has 18 heavy (non-hydrogen) atoms. The lowest BCUT2D eigenvalue weighted by Crippen LogP contribution is -2.07. The zero-order chi connectivity index (χ0) is 12.8. The maximum Gasteiger partial charge on any atom is 0.379 e. The maximum atomic E-state index is 11.3. The predicted molar refractivity (Wildman–Crippen MR) is 61.0 cm³/mol. The molecule has 0 radical (unpaired) electrons. The number of para-hydroxylation sites is 1. The molecule has 6 nitrogen and oxygen atoms in total. The van der Waals surface area contributed by atoms with Crippen LogP contribution in [0.4, 0.5) is 0 Å². The van der Waals surface area contributed by atoms with Gasteiger partial charge in [-0.25, -0.2) is 4.79 Å². The number of hydrogen-bond acceptors (Lipinski definition) is 6. The van der Waals surface area contributed by atoms with Gasteiger partial charge in [0.25, 0.3) is 11.7 Å². The first kappa shape index (κ1) is 12.1. The van der Waals surface area contributed by atoms with Gasteiger partial charge in [0.2, 0.25) is 0 Å². The lowest BCUT2D eigenvalue weighted by molar-refractivity contribution is 0.0508. The van der Waals surface area contributed by atoms with Gasteiger partial charge < -0.3 is 14.0 Å². The fourth-order valence-electron chi connectivity index (χ4n) is 1.25. The summed E-state index contributed by atoms with van der Waals surface area (Å²) in [6.07, 6.45) is 0. The first-order chi connectivity index (χ1) is 8.79. The van der Waals surface area contributed by atoms with E-state index in [2.05, 4.69) is 10.1 Å². The van der Waals surface area contributed by atoms with Gasteiger partial charge in [0.05, 0.1) is 6.61 Å². The van der Waals surface area contributed by atoms with Crippen LogP contribution in [-0.4, -0.2) is 22.7 Å². The molecule has 0 aliphatic rings. The van der Waals surface area contributed by atoms with Crippen LogP contribution in [-0.2, 0) is 11.3 Å². The Labute approximate surface area is 104 Å². The van der Waals surface area contributed by atoms with Crippen molar-refractivity contribution in [1.82, 2.24) is 10.1 Å². The normalized spacial score (nSPS) is 10.1. The minimum atomic E-state index is -0.604. The first-order valence-electron chi connectivity index (χ1n) is 5.47. The summed E-state index contributed by atoms with van der Waals surface area (Å²) in [5.74, 6) is 0.214. The number of carbonyl (C=O) groups excluding carboxylic acids is 1. The van der Waals surface area contributed by atoms with E-state index < -0.39 is 5.97 Å². The summed E-state index contributed by atoms with van der Waals surface area (Å²) in [5, 5.41) is 3.51. The molecule has 0 N–H and O–H groups in total. The summed E-state index contributed by atoms with van der Waals surface area (Å²) in [6, 6.07) is 9.21. The predicted octanol–water partition coefficient (Wildman–Crippen LogP) is 1.83. The van der Waals surface area contributed by atoms with E-state index >= 15 is 0 Å². The Morgan fingerprint density at radius 2 is 2.11 bits per heavy atom. The molecule has 0 spiro atoms. The van der Waals surface area contributed by atoms with Gasteiger partial charge in [0, 0.05) is 0 Å². The van der Waals surface area contributed by atoms with Gasteiger partial charge in [-0.3, -0.25) is 0 Å². The highest BCUT2D eigenvalue weighted by atomic mass is 16.5. The Kier molecular flexibility index (Phi) is 3.90. The van der Waals surface area contributed by atoms with Crippen LogP contribution in [0.1, 0.15) is 23.4 Å². The molecule has 1 aromatic carbocycles. The van der Waals surface area contributed by atoms with Crippen molar-refractivity contribution in [3.05, 3.63) is 42.0 Å². The molecule has 1 heterocycles. The van der Waals surface area contributed by atoms with Crippen LogP contribution in [0, 0.1) is 0 Å².